The summed E-state index contributed by atoms with van der Waals surface area (Å²) in [6.07, 6.45) is 0.763. The summed E-state index contributed by atoms with van der Waals surface area (Å²) in [6, 6.07) is 5.65. The molecule has 2 aliphatic rings. The lowest BCUT2D eigenvalue weighted by atomic mass is 10.1. The van der Waals surface area contributed by atoms with Gasteiger partial charge in [0, 0.05) is 17.5 Å². The number of nitrogens with zero attached hydrogens (tertiary/aromatic N) is 2. The largest absolute Gasteiger partial charge is 0.454 e. The highest BCUT2D eigenvalue weighted by Crippen LogP contribution is 2.35. The van der Waals surface area contributed by atoms with Crippen LogP contribution in [0.3, 0.4) is 0 Å². The standard InChI is InChI=1S/C14H13N3O3/c15-13-9-6-18-4-3-10(9)16-14(17-13)8-1-2-11-12(5-8)20-7-19-11/h1-2,5H,3-4,6-7H2,(H2,15,16,17). The average molecular weight is 271 g/mol. The molecule has 3 heterocycles. The molecule has 2 N–H and O–H groups in total. The van der Waals surface area contributed by atoms with Crippen LogP contribution in [0.25, 0.3) is 11.4 Å². The Labute approximate surface area is 115 Å². The lowest BCUT2D eigenvalue weighted by Gasteiger charge is -2.17. The second kappa shape index (κ2) is 4.35. The third kappa shape index (κ3) is 1.77. The Bertz CT molecular complexity index is 688. The van der Waals surface area contributed by atoms with E-state index < -0.39 is 0 Å². The van der Waals surface area contributed by atoms with Crippen molar-refractivity contribution in [2.24, 2.45) is 0 Å². The number of nitrogens with two attached hydrogens (primary N) is 1. The number of hydrogen-bond donors (Lipinski definition) is 1. The molecule has 1 aromatic carbocycles. The Morgan fingerprint density at radius 2 is 2.00 bits per heavy atom. The van der Waals surface area contributed by atoms with Gasteiger partial charge in [-0.25, -0.2) is 9.97 Å². The normalized spacial score (nSPS) is 16.0. The molecule has 102 valence electrons. The minimum absolute atomic E-state index is 0.253. The van der Waals surface area contributed by atoms with Gasteiger partial charge in [-0.15, -0.1) is 0 Å². The second-order valence-corrected chi connectivity index (χ2v) is 4.73. The van der Waals surface area contributed by atoms with Crippen molar-refractivity contribution in [3.05, 3.63) is 29.5 Å². The van der Waals surface area contributed by atoms with E-state index in [0.717, 1.165) is 29.0 Å². The maximum Gasteiger partial charge on any atom is 0.231 e. The highest BCUT2D eigenvalue weighted by molar-refractivity contribution is 5.63. The van der Waals surface area contributed by atoms with E-state index in [9.17, 15) is 0 Å². The van der Waals surface area contributed by atoms with Crippen molar-refractivity contribution in [3.8, 4) is 22.9 Å². The molecular formula is C14H13N3O3. The van der Waals surface area contributed by atoms with Crippen molar-refractivity contribution in [3.63, 3.8) is 0 Å². The topological polar surface area (TPSA) is 79.5 Å². The molecule has 0 bridgehead atoms. The van der Waals surface area contributed by atoms with Crippen LogP contribution in [0.2, 0.25) is 0 Å². The van der Waals surface area contributed by atoms with Crippen molar-refractivity contribution in [2.75, 3.05) is 19.1 Å². The Hall–Kier alpha value is -2.34. The van der Waals surface area contributed by atoms with Crippen LogP contribution in [0.1, 0.15) is 11.3 Å². The van der Waals surface area contributed by atoms with Crippen LogP contribution in [-0.4, -0.2) is 23.4 Å². The molecule has 2 aromatic rings. The van der Waals surface area contributed by atoms with Gasteiger partial charge in [0.25, 0.3) is 0 Å². The molecule has 0 fully saturated rings. The Morgan fingerprint density at radius 3 is 2.95 bits per heavy atom. The summed E-state index contributed by atoms with van der Waals surface area (Å²) in [6.45, 7) is 1.41. The van der Waals surface area contributed by atoms with Gasteiger partial charge in [-0.1, -0.05) is 0 Å². The zero-order valence-corrected chi connectivity index (χ0v) is 10.8. The van der Waals surface area contributed by atoms with Crippen LogP contribution in [0, 0.1) is 0 Å². The predicted octanol–water partition coefficient (Wildman–Crippen LogP) is 1.53. The highest BCUT2D eigenvalue weighted by Gasteiger charge is 2.19. The van der Waals surface area contributed by atoms with Crippen LogP contribution in [-0.2, 0) is 17.8 Å². The third-order valence-corrected chi connectivity index (χ3v) is 3.49. The maximum atomic E-state index is 6.01. The quantitative estimate of drug-likeness (QED) is 0.847. The van der Waals surface area contributed by atoms with Gasteiger partial charge in [0.1, 0.15) is 5.82 Å². The van der Waals surface area contributed by atoms with Crippen molar-refractivity contribution in [2.45, 2.75) is 13.0 Å². The van der Waals surface area contributed by atoms with Gasteiger partial charge in [-0.3, -0.25) is 0 Å². The number of fused-ring (bicyclic) bond motifs is 2. The number of aromatic nitrogens is 2. The zero-order chi connectivity index (χ0) is 13.5. The minimum Gasteiger partial charge on any atom is -0.454 e. The summed E-state index contributed by atoms with van der Waals surface area (Å²) < 4.78 is 16.1. The van der Waals surface area contributed by atoms with Gasteiger partial charge in [-0.05, 0) is 18.2 Å². The molecule has 0 saturated carbocycles. The summed E-state index contributed by atoms with van der Waals surface area (Å²) in [5, 5.41) is 0. The summed E-state index contributed by atoms with van der Waals surface area (Å²) >= 11 is 0. The molecule has 0 aliphatic carbocycles. The average Bonchev–Trinajstić information content (AvgIpc) is 2.94. The van der Waals surface area contributed by atoms with Gasteiger partial charge >= 0.3 is 0 Å². The van der Waals surface area contributed by atoms with Gasteiger partial charge in [-0.2, -0.15) is 0 Å². The molecule has 6 heteroatoms. The minimum atomic E-state index is 0.253. The first kappa shape index (κ1) is 11.5. The molecule has 20 heavy (non-hydrogen) atoms. The van der Waals surface area contributed by atoms with Crippen molar-refractivity contribution in [1.29, 1.82) is 0 Å². The first-order valence-electron chi connectivity index (χ1n) is 6.44. The summed E-state index contributed by atoms with van der Waals surface area (Å²) in [5.41, 5.74) is 8.75. The van der Waals surface area contributed by atoms with E-state index in [4.69, 9.17) is 19.9 Å². The highest BCUT2D eigenvalue weighted by atomic mass is 16.7. The number of anilines is 1. The molecule has 2 aliphatic heterocycles. The summed E-state index contributed by atoms with van der Waals surface area (Å²) in [4.78, 5) is 8.97. The molecule has 0 atom stereocenters. The van der Waals surface area contributed by atoms with E-state index in [2.05, 4.69) is 9.97 Å². The number of ether oxygens (including phenoxy) is 3. The Morgan fingerprint density at radius 1 is 1.10 bits per heavy atom. The number of benzene rings is 1. The molecular weight excluding hydrogens is 258 g/mol. The Balaban J connectivity index is 1.80. The molecule has 0 radical (unpaired) electrons. The van der Waals surface area contributed by atoms with E-state index in [1.807, 2.05) is 18.2 Å². The monoisotopic (exact) mass is 271 g/mol. The third-order valence-electron chi connectivity index (χ3n) is 3.49. The van der Waals surface area contributed by atoms with Crippen molar-refractivity contribution in [1.82, 2.24) is 9.97 Å². The smallest absolute Gasteiger partial charge is 0.231 e. The van der Waals surface area contributed by atoms with Crippen LogP contribution < -0.4 is 15.2 Å². The molecule has 0 amide bonds. The summed E-state index contributed by atoms with van der Waals surface area (Å²) in [7, 11) is 0. The van der Waals surface area contributed by atoms with Crippen molar-refractivity contribution >= 4 is 5.82 Å². The fourth-order valence-corrected chi connectivity index (χ4v) is 2.42. The first-order chi connectivity index (χ1) is 9.81. The van der Waals surface area contributed by atoms with Gasteiger partial charge in [0.2, 0.25) is 6.79 Å². The fourth-order valence-electron chi connectivity index (χ4n) is 2.42. The molecule has 1 aromatic heterocycles. The van der Waals surface area contributed by atoms with E-state index in [1.165, 1.54) is 0 Å². The molecule has 6 nitrogen and oxygen atoms in total. The Kier molecular flexibility index (Phi) is 2.50. The predicted molar refractivity (Wildman–Crippen MR) is 71.4 cm³/mol. The lowest BCUT2D eigenvalue weighted by Crippen LogP contribution is -2.16. The van der Waals surface area contributed by atoms with Crippen LogP contribution in [0.5, 0.6) is 11.5 Å². The van der Waals surface area contributed by atoms with E-state index in [1.54, 1.807) is 0 Å². The van der Waals surface area contributed by atoms with E-state index in [-0.39, 0.29) is 6.79 Å². The zero-order valence-electron chi connectivity index (χ0n) is 10.8. The molecule has 0 spiro atoms. The van der Waals surface area contributed by atoms with E-state index >= 15 is 0 Å². The van der Waals surface area contributed by atoms with Crippen LogP contribution in [0.15, 0.2) is 18.2 Å². The number of hydrogen-bond acceptors (Lipinski definition) is 6. The lowest BCUT2D eigenvalue weighted by molar-refractivity contribution is 0.109. The maximum absolute atomic E-state index is 6.01. The van der Waals surface area contributed by atoms with Crippen LogP contribution in [0.4, 0.5) is 5.82 Å². The number of nitrogen functional groups attached to an aromatic ring is 1. The van der Waals surface area contributed by atoms with Crippen LogP contribution >= 0.6 is 0 Å². The first-order valence-corrected chi connectivity index (χ1v) is 6.44. The second-order valence-electron chi connectivity index (χ2n) is 4.73. The molecule has 0 saturated heterocycles. The van der Waals surface area contributed by atoms with E-state index in [0.29, 0.717) is 30.6 Å². The van der Waals surface area contributed by atoms with Gasteiger partial charge in [0.15, 0.2) is 17.3 Å². The summed E-state index contributed by atoms with van der Waals surface area (Å²) in [5.74, 6) is 2.56. The fraction of sp³-hybridized carbons (Fsp3) is 0.286. The van der Waals surface area contributed by atoms with Gasteiger partial charge in [0.05, 0.1) is 18.9 Å². The number of rotatable bonds is 1. The SMILES string of the molecule is Nc1nc(-c2ccc3c(c2)OCO3)nc2c1COCC2. The molecule has 4 rings (SSSR count). The van der Waals surface area contributed by atoms with Gasteiger partial charge < -0.3 is 19.9 Å². The molecule has 0 unspecified atom stereocenters. The van der Waals surface area contributed by atoms with Crippen molar-refractivity contribution < 1.29 is 14.2 Å².